The van der Waals surface area contributed by atoms with Crippen LogP contribution in [0.5, 0.6) is 11.5 Å². The highest BCUT2D eigenvalue weighted by molar-refractivity contribution is 5.73. The molecule has 0 spiro atoms. The van der Waals surface area contributed by atoms with E-state index < -0.39 is 0 Å². The van der Waals surface area contributed by atoms with Gasteiger partial charge in [0.15, 0.2) is 0 Å². The molecule has 110 valence electrons. The van der Waals surface area contributed by atoms with Crippen LogP contribution in [0.4, 0.5) is 0 Å². The molecule has 21 heavy (non-hydrogen) atoms. The predicted molar refractivity (Wildman–Crippen MR) is 79.5 cm³/mol. The fourth-order valence-electron chi connectivity index (χ4n) is 1.95. The zero-order chi connectivity index (χ0) is 15.1. The van der Waals surface area contributed by atoms with Gasteiger partial charge in [0.2, 0.25) is 0 Å². The van der Waals surface area contributed by atoms with E-state index in [0.717, 1.165) is 11.1 Å². The molecule has 4 heteroatoms. The first-order chi connectivity index (χ1) is 10.2. The Morgan fingerprint density at radius 2 is 1.81 bits per heavy atom. The number of carbonyl (C=O) groups is 1. The zero-order valence-electron chi connectivity index (χ0n) is 12.2. The third kappa shape index (κ3) is 4.24. The van der Waals surface area contributed by atoms with Crippen LogP contribution in [0.15, 0.2) is 48.5 Å². The van der Waals surface area contributed by atoms with Crippen molar-refractivity contribution >= 4 is 5.97 Å². The van der Waals surface area contributed by atoms with Crippen LogP contribution in [0.2, 0.25) is 0 Å². The highest BCUT2D eigenvalue weighted by atomic mass is 16.5. The summed E-state index contributed by atoms with van der Waals surface area (Å²) in [5.74, 6) is 1.03. The summed E-state index contributed by atoms with van der Waals surface area (Å²) < 4.78 is 15.7. The fourth-order valence-corrected chi connectivity index (χ4v) is 1.95. The van der Waals surface area contributed by atoms with Crippen molar-refractivity contribution in [3.05, 3.63) is 59.7 Å². The third-order valence-electron chi connectivity index (χ3n) is 3.06. The second-order valence-corrected chi connectivity index (χ2v) is 4.50. The second kappa shape index (κ2) is 7.33. The molecular formula is C17H18O4. The van der Waals surface area contributed by atoms with Gasteiger partial charge >= 0.3 is 5.97 Å². The number of rotatable bonds is 6. The Labute approximate surface area is 124 Å². The van der Waals surface area contributed by atoms with Gasteiger partial charge in [0, 0.05) is 5.56 Å². The predicted octanol–water partition coefficient (Wildman–Crippen LogP) is 2.99. The highest BCUT2D eigenvalue weighted by Crippen LogP contribution is 2.25. The van der Waals surface area contributed by atoms with Crippen LogP contribution in [0.1, 0.15) is 11.1 Å². The van der Waals surface area contributed by atoms with Crippen molar-refractivity contribution in [2.75, 3.05) is 14.2 Å². The van der Waals surface area contributed by atoms with Gasteiger partial charge in [0.25, 0.3) is 0 Å². The average Bonchev–Trinajstić information content (AvgIpc) is 2.54. The van der Waals surface area contributed by atoms with Crippen molar-refractivity contribution in [2.24, 2.45) is 0 Å². The Balaban J connectivity index is 2.09. The maximum absolute atomic E-state index is 11.4. The minimum atomic E-state index is -0.312. The van der Waals surface area contributed by atoms with E-state index in [1.807, 2.05) is 36.4 Å². The van der Waals surface area contributed by atoms with E-state index in [0.29, 0.717) is 18.1 Å². The molecule has 0 aliphatic heterocycles. The molecule has 0 saturated carbocycles. The van der Waals surface area contributed by atoms with E-state index >= 15 is 0 Å². The van der Waals surface area contributed by atoms with Gasteiger partial charge in [-0.05, 0) is 23.8 Å². The van der Waals surface area contributed by atoms with E-state index in [1.165, 1.54) is 7.11 Å². The Morgan fingerprint density at radius 1 is 1.05 bits per heavy atom. The molecule has 2 aromatic carbocycles. The first-order valence-electron chi connectivity index (χ1n) is 6.63. The number of hydrogen-bond donors (Lipinski definition) is 0. The van der Waals surface area contributed by atoms with Gasteiger partial charge in [-0.2, -0.15) is 0 Å². The van der Waals surface area contributed by atoms with Crippen LogP contribution in [0.25, 0.3) is 0 Å². The lowest BCUT2D eigenvalue weighted by atomic mass is 10.1. The summed E-state index contributed by atoms with van der Waals surface area (Å²) in [7, 11) is 2.94. The largest absolute Gasteiger partial charge is 0.496 e. The standard InChI is InChI=1S/C17H18O4/c1-19-16-9-8-15(10-14(16)11-17(18)20-2)21-12-13-6-4-3-5-7-13/h3-10H,11-12H2,1-2H3. The number of hydrogen-bond acceptors (Lipinski definition) is 4. The summed E-state index contributed by atoms with van der Waals surface area (Å²) >= 11 is 0. The van der Waals surface area contributed by atoms with E-state index in [-0.39, 0.29) is 12.4 Å². The van der Waals surface area contributed by atoms with Gasteiger partial charge in [0.05, 0.1) is 20.6 Å². The zero-order valence-corrected chi connectivity index (χ0v) is 12.2. The summed E-state index contributed by atoms with van der Waals surface area (Å²) in [6.45, 7) is 0.477. The van der Waals surface area contributed by atoms with Crippen LogP contribution >= 0.6 is 0 Å². The summed E-state index contributed by atoms with van der Waals surface area (Å²) in [6.07, 6.45) is 0.155. The molecule has 0 bridgehead atoms. The summed E-state index contributed by atoms with van der Waals surface area (Å²) in [4.78, 5) is 11.4. The smallest absolute Gasteiger partial charge is 0.310 e. The summed E-state index contributed by atoms with van der Waals surface area (Å²) in [6, 6.07) is 15.3. The monoisotopic (exact) mass is 286 g/mol. The molecule has 0 radical (unpaired) electrons. The van der Waals surface area contributed by atoms with Crippen molar-refractivity contribution in [3.8, 4) is 11.5 Å². The highest BCUT2D eigenvalue weighted by Gasteiger charge is 2.10. The maximum atomic E-state index is 11.4. The van der Waals surface area contributed by atoms with Crippen molar-refractivity contribution in [1.29, 1.82) is 0 Å². The van der Waals surface area contributed by atoms with E-state index in [4.69, 9.17) is 9.47 Å². The van der Waals surface area contributed by atoms with Crippen molar-refractivity contribution in [1.82, 2.24) is 0 Å². The van der Waals surface area contributed by atoms with Crippen LogP contribution < -0.4 is 9.47 Å². The van der Waals surface area contributed by atoms with Gasteiger partial charge < -0.3 is 14.2 Å². The minimum absolute atomic E-state index is 0.155. The average molecular weight is 286 g/mol. The quantitative estimate of drug-likeness (QED) is 0.766. The van der Waals surface area contributed by atoms with Gasteiger partial charge in [-0.1, -0.05) is 30.3 Å². The molecule has 0 atom stereocenters. The topological polar surface area (TPSA) is 44.8 Å². The van der Waals surface area contributed by atoms with Crippen molar-refractivity contribution in [3.63, 3.8) is 0 Å². The van der Waals surface area contributed by atoms with Crippen LogP contribution in [0, 0.1) is 0 Å². The normalized spacial score (nSPS) is 10.0. The molecule has 0 N–H and O–H groups in total. The summed E-state index contributed by atoms with van der Waals surface area (Å²) in [5, 5.41) is 0. The van der Waals surface area contributed by atoms with Gasteiger partial charge in [-0.15, -0.1) is 0 Å². The van der Waals surface area contributed by atoms with Crippen LogP contribution in [-0.4, -0.2) is 20.2 Å². The molecular weight excluding hydrogens is 268 g/mol. The molecule has 0 unspecified atom stereocenters. The first kappa shape index (κ1) is 14.9. The van der Waals surface area contributed by atoms with Crippen molar-refractivity contribution < 1.29 is 19.0 Å². The Hall–Kier alpha value is -2.49. The number of ether oxygens (including phenoxy) is 3. The number of esters is 1. The fraction of sp³-hybridized carbons (Fsp3) is 0.235. The van der Waals surface area contributed by atoms with E-state index in [1.54, 1.807) is 19.2 Å². The number of carbonyl (C=O) groups excluding carboxylic acids is 1. The van der Waals surface area contributed by atoms with Crippen LogP contribution in [-0.2, 0) is 22.6 Å². The molecule has 0 aliphatic rings. The lowest BCUT2D eigenvalue weighted by Crippen LogP contribution is -2.06. The lowest BCUT2D eigenvalue weighted by molar-refractivity contribution is -0.139. The van der Waals surface area contributed by atoms with E-state index in [2.05, 4.69) is 4.74 Å². The molecule has 0 aromatic heterocycles. The van der Waals surface area contributed by atoms with Crippen LogP contribution in [0.3, 0.4) is 0 Å². The Bertz CT molecular complexity index is 593. The Kier molecular flexibility index (Phi) is 5.21. The minimum Gasteiger partial charge on any atom is -0.496 e. The first-order valence-corrected chi connectivity index (χ1v) is 6.63. The molecule has 0 heterocycles. The summed E-state index contributed by atoms with van der Waals surface area (Å²) in [5.41, 5.74) is 1.83. The molecule has 0 fully saturated rings. The molecule has 2 aromatic rings. The number of methoxy groups -OCH3 is 2. The second-order valence-electron chi connectivity index (χ2n) is 4.50. The number of benzene rings is 2. The van der Waals surface area contributed by atoms with Crippen molar-refractivity contribution in [2.45, 2.75) is 13.0 Å². The van der Waals surface area contributed by atoms with E-state index in [9.17, 15) is 4.79 Å². The molecule has 2 rings (SSSR count). The third-order valence-corrected chi connectivity index (χ3v) is 3.06. The maximum Gasteiger partial charge on any atom is 0.310 e. The molecule has 0 aliphatic carbocycles. The van der Waals surface area contributed by atoms with Gasteiger partial charge in [0.1, 0.15) is 18.1 Å². The lowest BCUT2D eigenvalue weighted by Gasteiger charge is -2.11. The molecule has 0 amide bonds. The Morgan fingerprint density at radius 3 is 2.48 bits per heavy atom. The van der Waals surface area contributed by atoms with Gasteiger partial charge in [-0.3, -0.25) is 4.79 Å². The van der Waals surface area contributed by atoms with Gasteiger partial charge in [-0.25, -0.2) is 0 Å². The SMILES string of the molecule is COC(=O)Cc1cc(OCc2ccccc2)ccc1OC. The molecule has 0 saturated heterocycles. The molecule has 4 nitrogen and oxygen atoms in total.